The molecule has 1 amide bonds. The van der Waals surface area contributed by atoms with Gasteiger partial charge in [-0.05, 0) is 25.0 Å². The van der Waals surface area contributed by atoms with Crippen molar-refractivity contribution in [3.63, 3.8) is 0 Å². The Balaban J connectivity index is 1.40. The van der Waals surface area contributed by atoms with E-state index in [1.165, 1.54) is 6.07 Å². The Labute approximate surface area is 197 Å². The maximum absolute atomic E-state index is 13.0. The fraction of sp³-hybridized carbons (Fsp3) is 0.333. The second-order valence-corrected chi connectivity index (χ2v) is 8.02. The molecule has 3 aromatic rings. The number of carbonyl (C=O) groups is 1. The number of rotatable bonds is 8. The van der Waals surface area contributed by atoms with Crippen LogP contribution in [0.15, 0.2) is 54.7 Å². The van der Waals surface area contributed by atoms with Gasteiger partial charge < -0.3 is 19.7 Å². The number of nitrogens with zero attached hydrogens (tertiary/aromatic N) is 4. The minimum Gasteiger partial charge on any atom is -0.493 e. The van der Waals surface area contributed by atoms with Crippen LogP contribution in [0.2, 0.25) is 0 Å². The number of piperidine rings is 1. The van der Waals surface area contributed by atoms with Crippen molar-refractivity contribution < 1.29 is 19.2 Å². The maximum Gasteiger partial charge on any atom is 0.292 e. The molecule has 4 rings (SSSR count). The number of nitro groups is 1. The second kappa shape index (κ2) is 10.2. The molecule has 0 atom stereocenters. The number of para-hydroxylation sites is 3. The van der Waals surface area contributed by atoms with E-state index >= 15 is 0 Å². The Morgan fingerprint density at radius 2 is 1.88 bits per heavy atom. The molecule has 178 valence electrons. The smallest absolute Gasteiger partial charge is 0.292 e. The number of nitrogens with one attached hydrogen (secondary N) is 1. The van der Waals surface area contributed by atoms with E-state index in [9.17, 15) is 14.9 Å². The van der Waals surface area contributed by atoms with Gasteiger partial charge in [-0.25, -0.2) is 4.68 Å². The van der Waals surface area contributed by atoms with Gasteiger partial charge in [0.15, 0.2) is 11.5 Å². The molecule has 1 aromatic heterocycles. The lowest BCUT2D eigenvalue weighted by atomic mass is 9.95. The Bertz CT molecular complexity index is 1170. The summed E-state index contributed by atoms with van der Waals surface area (Å²) in [4.78, 5) is 25.9. The molecule has 0 aliphatic carbocycles. The van der Waals surface area contributed by atoms with Crippen LogP contribution in [-0.4, -0.2) is 47.9 Å². The van der Waals surface area contributed by atoms with E-state index in [1.807, 2.05) is 23.1 Å². The van der Waals surface area contributed by atoms with E-state index in [0.29, 0.717) is 55.5 Å². The van der Waals surface area contributed by atoms with E-state index in [2.05, 4.69) is 10.4 Å². The largest absolute Gasteiger partial charge is 0.493 e. The molecule has 1 aliphatic heterocycles. The van der Waals surface area contributed by atoms with Crippen molar-refractivity contribution in [2.45, 2.75) is 19.4 Å². The summed E-state index contributed by atoms with van der Waals surface area (Å²) in [7, 11) is 3.17. The molecule has 10 heteroatoms. The van der Waals surface area contributed by atoms with E-state index in [4.69, 9.17) is 9.47 Å². The average molecular weight is 466 g/mol. The molecule has 34 heavy (non-hydrogen) atoms. The van der Waals surface area contributed by atoms with Crippen molar-refractivity contribution in [3.8, 4) is 11.5 Å². The molecule has 10 nitrogen and oxygen atoms in total. The number of hydrogen-bond donors (Lipinski definition) is 1. The van der Waals surface area contributed by atoms with E-state index < -0.39 is 0 Å². The van der Waals surface area contributed by atoms with Gasteiger partial charge >= 0.3 is 0 Å². The fourth-order valence-electron chi connectivity index (χ4n) is 4.30. The van der Waals surface area contributed by atoms with Crippen molar-refractivity contribution in [1.82, 2.24) is 9.78 Å². The number of amides is 1. The Morgan fingerprint density at radius 3 is 2.59 bits per heavy atom. The predicted octanol–water partition coefficient (Wildman–Crippen LogP) is 3.71. The van der Waals surface area contributed by atoms with Gasteiger partial charge in [-0.3, -0.25) is 14.9 Å². The third-order valence-corrected chi connectivity index (χ3v) is 6.06. The molecule has 1 aliphatic rings. The molecule has 1 fully saturated rings. The average Bonchev–Trinajstić information content (AvgIpc) is 3.30. The second-order valence-electron chi connectivity index (χ2n) is 8.02. The standard InChI is InChI=1S/C24H27N5O5/c1-33-21-9-5-6-18(23(21)34-2)16-28-22(10-13-25-28)26-24(30)17-11-14-27(15-12-17)19-7-3-4-8-20(19)29(31)32/h3-10,13,17H,11-12,14-16H2,1-2H3,(H,26,30). The zero-order valence-electron chi connectivity index (χ0n) is 19.1. The van der Waals surface area contributed by atoms with Crippen LogP contribution in [0.5, 0.6) is 11.5 Å². The summed E-state index contributed by atoms with van der Waals surface area (Å²) in [5.74, 6) is 1.58. The number of hydrogen-bond acceptors (Lipinski definition) is 7. The first-order valence-corrected chi connectivity index (χ1v) is 11.0. The summed E-state index contributed by atoms with van der Waals surface area (Å²) in [5.41, 5.74) is 1.55. The van der Waals surface area contributed by atoms with Crippen LogP contribution in [-0.2, 0) is 11.3 Å². The lowest BCUT2D eigenvalue weighted by Gasteiger charge is -2.32. The summed E-state index contributed by atoms with van der Waals surface area (Å²) in [6.07, 6.45) is 2.85. The zero-order valence-corrected chi connectivity index (χ0v) is 19.1. The Kier molecular flexibility index (Phi) is 6.95. The van der Waals surface area contributed by atoms with Gasteiger partial charge in [0.25, 0.3) is 5.69 Å². The molecule has 1 N–H and O–H groups in total. The lowest BCUT2D eigenvalue weighted by molar-refractivity contribution is -0.384. The van der Waals surface area contributed by atoms with Gasteiger partial charge in [0.1, 0.15) is 11.5 Å². The maximum atomic E-state index is 13.0. The SMILES string of the molecule is COc1cccc(Cn2nccc2NC(=O)C2CCN(c3ccccc3[N+](=O)[O-])CC2)c1OC. The summed E-state index contributed by atoms with van der Waals surface area (Å²) in [5, 5.41) is 18.7. The van der Waals surface area contributed by atoms with Crippen LogP contribution >= 0.6 is 0 Å². The van der Waals surface area contributed by atoms with Gasteiger partial charge in [-0.2, -0.15) is 5.10 Å². The lowest BCUT2D eigenvalue weighted by Crippen LogP contribution is -2.38. The van der Waals surface area contributed by atoms with Crippen molar-refractivity contribution >= 4 is 23.1 Å². The number of anilines is 2. The first-order chi connectivity index (χ1) is 16.5. The van der Waals surface area contributed by atoms with Crippen molar-refractivity contribution in [2.24, 2.45) is 5.92 Å². The van der Waals surface area contributed by atoms with Gasteiger partial charge in [0, 0.05) is 36.7 Å². The summed E-state index contributed by atoms with van der Waals surface area (Å²) in [6, 6.07) is 14.1. The molecule has 2 aromatic carbocycles. The summed E-state index contributed by atoms with van der Waals surface area (Å²) in [6.45, 7) is 1.55. The molecule has 0 unspecified atom stereocenters. The molecular weight excluding hydrogens is 438 g/mol. The van der Waals surface area contributed by atoms with Crippen LogP contribution in [0.25, 0.3) is 0 Å². The summed E-state index contributed by atoms with van der Waals surface area (Å²) < 4.78 is 12.6. The Morgan fingerprint density at radius 1 is 1.12 bits per heavy atom. The third-order valence-electron chi connectivity index (χ3n) is 6.06. The third kappa shape index (κ3) is 4.80. The fourth-order valence-corrected chi connectivity index (χ4v) is 4.30. The van der Waals surface area contributed by atoms with Crippen molar-refractivity contribution in [1.29, 1.82) is 0 Å². The highest BCUT2D eigenvalue weighted by Crippen LogP contribution is 2.33. The minimum atomic E-state index is -0.368. The number of benzene rings is 2. The number of nitro benzene ring substituents is 1. The van der Waals surface area contributed by atoms with E-state index in [1.54, 1.807) is 49.4 Å². The van der Waals surface area contributed by atoms with Crippen LogP contribution in [0, 0.1) is 16.0 Å². The quantitative estimate of drug-likeness (QED) is 0.399. The molecule has 0 spiro atoms. The molecule has 0 radical (unpaired) electrons. The number of aromatic nitrogens is 2. The minimum absolute atomic E-state index is 0.0819. The Hall–Kier alpha value is -4.08. The van der Waals surface area contributed by atoms with Crippen LogP contribution in [0.3, 0.4) is 0 Å². The predicted molar refractivity (Wildman–Crippen MR) is 128 cm³/mol. The van der Waals surface area contributed by atoms with E-state index in [0.717, 1.165) is 5.56 Å². The zero-order chi connectivity index (χ0) is 24.1. The number of methoxy groups -OCH3 is 2. The molecular formula is C24H27N5O5. The molecule has 0 saturated carbocycles. The highest BCUT2D eigenvalue weighted by molar-refractivity contribution is 5.92. The van der Waals surface area contributed by atoms with E-state index in [-0.39, 0.29) is 22.4 Å². The topological polar surface area (TPSA) is 112 Å². The first-order valence-electron chi connectivity index (χ1n) is 11.0. The van der Waals surface area contributed by atoms with Gasteiger partial charge in [-0.15, -0.1) is 0 Å². The van der Waals surface area contributed by atoms with Crippen LogP contribution < -0.4 is 19.7 Å². The highest BCUT2D eigenvalue weighted by Gasteiger charge is 2.28. The summed E-state index contributed by atoms with van der Waals surface area (Å²) >= 11 is 0. The van der Waals surface area contributed by atoms with Crippen LogP contribution in [0.1, 0.15) is 18.4 Å². The van der Waals surface area contributed by atoms with Crippen molar-refractivity contribution in [3.05, 3.63) is 70.4 Å². The van der Waals surface area contributed by atoms with Crippen molar-refractivity contribution in [2.75, 3.05) is 37.5 Å². The number of ether oxygens (including phenoxy) is 2. The normalized spacial score (nSPS) is 14.0. The molecule has 1 saturated heterocycles. The highest BCUT2D eigenvalue weighted by atomic mass is 16.6. The monoisotopic (exact) mass is 465 g/mol. The molecule has 0 bridgehead atoms. The number of carbonyl (C=O) groups excluding carboxylic acids is 1. The van der Waals surface area contributed by atoms with Gasteiger partial charge in [0.05, 0.1) is 31.9 Å². The molecule has 2 heterocycles. The van der Waals surface area contributed by atoms with Gasteiger partial charge in [-0.1, -0.05) is 24.3 Å². The van der Waals surface area contributed by atoms with Crippen LogP contribution in [0.4, 0.5) is 17.2 Å². The first kappa shape index (κ1) is 23.1. The van der Waals surface area contributed by atoms with Gasteiger partial charge in [0.2, 0.25) is 5.91 Å².